The standard InChI is InChI=1S/C13H10BrN3O3/c14-9-5-2-1-4-8(9)13(18)19-15-10-6-3-7-11-12(10)17-20-16-11/h1-2,4-5H,3,6-7H2/b15-10-. The van der Waals surface area contributed by atoms with Crippen molar-refractivity contribution in [2.24, 2.45) is 5.16 Å². The van der Waals surface area contributed by atoms with Crippen molar-refractivity contribution in [3.63, 3.8) is 0 Å². The first-order chi connectivity index (χ1) is 9.75. The van der Waals surface area contributed by atoms with E-state index in [1.807, 2.05) is 6.07 Å². The Balaban J connectivity index is 1.79. The van der Waals surface area contributed by atoms with Gasteiger partial charge in [-0.3, -0.25) is 0 Å². The summed E-state index contributed by atoms with van der Waals surface area (Å²) in [6.45, 7) is 0. The molecule has 0 unspecified atom stereocenters. The van der Waals surface area contributed by atoms with E-state index in [9.17, 15) is 4.79 Å². The number of hydrogen-bond acceptors (Lipinski definition) is 6. The number of nitrogens with zero attached hydrogens (tertiary/aromatic N) is 3. The van der Waals surface area contributed by atoms with Gasteiger partial charge in [0.2, 0.25) is 0 Å². The van der Waals surface area contributed by atoms with E-state index in [2.05, 4.69) is 36.0 Å². The second kappa shape index (κ2) is 5.54. The summed E-state index contributed by atoms with van der Waals surface area (Å²) in [7, 11) is 0. The molecule has 102 valence electrons. The van der Waals surface area contributed by atoms with Crippen molar-refractivity contribution in [3.05, 3.63) is 45.7 Å². The molecule has 0 bridgehead atoms. The second-order valence-electron chi connectivity index (χ2n) is 4.31. The average Bonchev–Trinajstić information content (AvgIpc) is 2.94. The smallest absolute Gasteiger partial charge is 0.312 e. The van der Waals surface area contributed by atoms with Gasteiger partial charge in [0, 0.05) is 4.47 Å². The Kier molecular flexibility index (Phi) is 3.60. The van der Waals surface area contributed by atoms with Gasteiger partial charge in [-0.25, -0.2) is 9.42 Å². The number of fused-ring (bicyclic) bond motifs is 1. The van der Waals surface area contributed by atoms with E-state index in [1.165, 1.54) is 0 Å². The van der Waals surface area contributed by atoms with Crippen LogP contribution in [-0.2, 0) is 11.3 Å². The van der Waals surface area contributed by atoms with Gasteiger partial charge in [-0.15, -0.1) is 0 Å². The summed E-state index contributed by atoms with van der Waals surface area (Å²) in [5.41, 5.74) is 2.35. The lowest BCUT2D eigenvalue weighted by molar-refractivity contribution is 0.0514. The zero-order chi connectivity index (χ0) is 13.9. The van der Waals surface area contributed by atoms with Crippen LogP contribution in [-0.4, -0.2) is 22.0 Å². The number of aromatic nitrogens is 2. The van der Waals surface area contributed by atoms with Crippen molar-refractivity contribution in [2.75, 3.05) is 0 Å². The van der Waals surface area contributed by atoms with Gasteiger partial charge in [-0.2, -0.15) is 0 Å². The van der Waals surface area contributed by atoms with Crippen molar-refractivity contribution in [1.29, 1.82) is 0 Å². The summed E-state index contributed by atoms with van der Waals surface area (Å²) in [4.78, 5) is 16.9. The van der Waals surface area contributed by atoms with Crippen LogP contribution in [0.15, 0.2) is 38.5 Å². The van der Waals surface area contributed by atoms with Crippen molar-refractivity contribution >= 4 is 27.6 Å². The number of aryl methyl sites for hydroxylation is 1. The molecule has 20 heavy (non-hydrogen) atoms. The predicted molar refractivity (Wildman–Crippen MR) is 73.3 cm³/mol. The minimum absolute atomic E-state index is 0.422. The van der Waals surface area contributed by atoms with Gasteiger partial charge >= 0.3 is 5.97 Å². The fourth-order valence-electron chi connectivity index (χ4n) is 1.99. The molecule has 0 amide bonds. The number of rotatable bonds is 2. The molecule has 0 saturated heterocycles. The Labute approximate surface area is 122 Å². The largest absolute Gasteiger partial charge is 0.366 e. The molecule has 0 N–H and O–H groups in total. The van der Waals surface area contributed by atoms with E-state index in [1.54, 1.807) is 18.2 Å². The van der Waals surface area contributed by atoms with Gasteiger partial charge in [0.15, 0.2) is 5.69 Å². The molecule has 1 aromatic heterocycles. The quantitative estimate of drug-likeness (QED) is 0.622. The summed E-state index contributed by atoms with van der Waals surface area (Å²) in [6.07, 6.45) is 2.37. The first-order valence-electron chi connectivity index (χ1n) is 6.10. The van der Waals surface area contributed by atoms with Gasteiger partial charge in [0.05, 0.1) is 5.56 Å². The van der Waals surface area contributed by atoms with E-state index in [4.69, 9.17) is 4.84 Å². The van der Waals surface area contributed by atoms with Gasteiger partial charge in [0.1, 0.15) is 11.4 Å². The van der Waals surface area contributed by atoms with Crippen molar-refractivity contribution < 1.29 is 14.3 Å². The Morgan fingerprint density at radius 2 is 2.15 bits per heavy atom. The van der Waals surface area contributed by atoms with Crippen LogP contribution in [0.5, 0.6) is 0 Å². The number of oxime groups is 1. The highest BCUT2D eigenvalue weighted by Gasteiger charge is 2.22. The average molecular weight is 336 g/mol. The van der Waals surface area contributed by atoms with Crippen LogP contribution in [0.25, 0.3) is 0 Å². The van der Waals surface area contributed by atoms with Crippen LogP contribution in [0, 0.1) is 0 Å². The van der Waals surface area contributed by atoms with E-state index in [0.29, 0.717) is 27.9 Å². The molecule has 0 radical (unpaired) electrons. The lowest BCUT2D eigenvalue weighted by atomic mass is 9.99. The Morgan fingerprint density at radius 1 is 1.30 bits per heavy atom. The van der Waals surface area contributed by atoms with Gasteiger partial charge in [0.25, 0.3) is 0 Å². The second-order valence-corrected chi connectivity index (χ2v) is 5.16. The highest BCUT2D eigenvalue weighted by Crippen LogP contribution is 2.20. The summed E-state index contributed by atoms with van der Waals surface area (Å²) < 4.78 is 5.34. The zero-order valence-electron chi connectivity index (χ0n) is 10.4. The summed E-state index contributed by atoms with van der Waals surface area (Å²) in [5, 5.41) is 11.5. The monoisotopic (exact) mass is 335 g/mol. The van der Waals surface area contributed by atoms with Crippen LogP contribution in [0.4, 0.5) is 0 Å². The molecule has 0 aliphatic heterocycles. The predicted octanol–water partition coefficient (Wildman–Crippen LogP) is 2.73. The van der Waals surface area contributed by atoms with E-state index < -0.39 is 5.97 Å². The van der Waals surface area contributed by atoms with Crippen LogP contribution in [0.3, 0.4) is 0 Å². The Hall–Kier alpha value is -2.02. The SMILES string of the molecule is O=C(O/N=C1/CCCc2nonc21)c1ccccc1Br. The highest BCUT2D eigenvalue weighted by molar-refractivity contribution is 9.10. The Morgan fingerprint density at radius 3 is 3.00 bits per heavy atom. The third-order valence-electron chi connectivity index (χ3n) is 2.99. The third-order valence-corrected chi connectivity index (χ3v) is 3.68. The molecule has 0 fully saturated rings. The van der Waals surface area contributed by atoms with E-state index in [-0.39, 0.29) is 0 Å². The summed E-state index contributed by atoms with van der Waals surface area (Å²) in [6, 6.07) is 7.01. The molecule has 6 nitrogen and oxygen atoms in total. The van der Waals surface area contributed by atoms with Crippen LogP contribution < -0.4 is 0 Å². The molecule has 1 aliphatic rings. The minimum Gasteiger partial charge on any atom is -0.312 e. The topological polar surface area (TPSA) is 77.6 Å². The van der Waals surface area contributed by atoms with Gasteiger partial charge in [-0.05, 0) is 52.5 Å². The number of benzene rings is 1. The van der Waals surface area contributed by atoms with Crippen LogP contribution in [0.1, 0.15) is 34.6 Å². The number of carbonyl (C=O) groups excluding carboxylic acids is 1. The minimum atomic E-state index is -0.520. The summed E-state index contributed by atoms with van der Waals surface area (Å²) in [5.74, 6) is -0.520. The van der Waals surface area contributed by atoms with E-state index in [0.717, 1.165) is 18.5 Å². The van der Waals surface area contributed by atoms with Crippen molar-refractivity contribution in [2.45, 2.75) is 19.3 Å². The van der Waals surface area contributed by atoms with Gasteiger partial charge in [-0.1, -0.05) is 22.4 Å². The fourth-order valence-corrected chi connectivity index (χ4v) is 2.44. The summed E-state index contributed by atoms with van der Waals surface area (Å²) >= 11 is 3.30. The number of hydrogen-bond donors (Lipinski definition) is 0. The van der Waals surface area contributed by atoms with Crippen molar-refractivity contribution in [1.82, 2.24) is 10.3 Å². The number of carbonyl (C=O) groups is 1. The van der Waals surface area contributed by atoms with Crippen molar-refractivity contribution in [3.8, 4) is 0 Å². The highest BCUT2D eigenvalue weighted by atomic mass is 79.9. The third kappa shape index (κ3) is 2.49. The molecule has 1 heterocycles. The zero-order valence-corrected chi connectivity index (χ0v) is 12.0. The molecule has 1 aliphatic carbocycles. The molecular weight excluding hydrogens is 326 g/mol. The maximum absolute atomic E-state index is 11.9. The maximum atomic E-state index is 11.9. The number of halogens is 1. The van der Waals surface area contributed by atoms with Crippen LogP contribution >= 0.6 is 15.9 Å². The molecular formula is C13H10BrN3O3. The van der Waals surface area contributed by atoms with Crippen LogP contribution in [0.2, 0.25) is 0 Å². The molecule has 0 saturated carbocycles. The molecule has 3 rings (SSSR count). The lowest BCUT2D eigenvalue weighted by Gasteiger charge is -2.08. The molecule has 0 spiro atoms. The van der Waals surface area contributed by atoms with E-state index >= 15 is 0 Å². The molecule has 0 atom stereocenters. The normalized spacial score (nSPS) is 15.9. The molecule has 7 heteroatoms. The first kappa shape index (κ1) is 13.0. The first-order valence-corrected chi connectivity index (χ1v) is 6.89. The fraction of sp³-hybridized carbons (Fsp3) is 0.231. The van der Waals surface area contributed by atoms with Gasteiger partial charge < -0.3 is 4.84 Å². The maximum Gasteiger partial charge on any atom is 0.366 e. The Bertz CT molecular complexity index is 681. The molecule has 2 aromatic rings. The lowest BCUT2D eigenvalue weighted by Crippen LogP contribution is -2.13. The molecule has 1 aromatic carbocycles.